The molecule has 4 aromatic rings. The number of pyridine rings is 2. The monoisotopic (exact) mass is 458 g/mol. The Morgan fingerprint density at radius 1 is 1.21 bits per heavy atom. The lowest BCUT2D eigenvalue weighted by Gasteiger charge is -2.43. The number of hydrogen-bond donors (Lipinski definition) is 0. The zero-order valence-corrected chi connectivity index (χ0v) is 18.8. The largest absolute Gasteiger partial charge is 0.447 e. The predicted molar refractivity (Wildman–Crippen MR) is 125 cm³/mol. The van der Waals surface area contributed by atoms with Crippen molar-refractivity contribution in [2.45, 2.75) is 19.0 Å². The normalized spacial score (nSPS) is 17.6. The van der Waals surface area contributed by atoms with Gasteiger partial charge in [0.25, 0.3) is 5.56 Å². The van der Waals surface area contributed by atoms with E-state index in [4.69, 9.17) is 4.42 Å². The molecule has 4 heterocycles. The maximum atomic E-state index is 13.6. The number of rotatable bonds is 4. The maximum absolute atomic E-state index is 13.6. The molecule has 1 aliphatic rings. The first-order valence-corrected chi connectivity index (χ1v) is 11.0. The van der Waals surface area contributed by atoms with Crippen molar-refractivity contribution in [2.75, 3.05) is 24.5 Å². The molecule has 1 fully saturated rings. The summed E-state index contributed by atoms with van der Waals surface area (Å²) in [7, 11) is 1.70. The first-order valence-electron chi connectivity index (χ1n) is 11.0. The van der Waals surface area contributed by atoms with Crippen LogP contribution in [0.5, 0.6) is 0 Å². The summed E-state index contributed by atoms with van der Waals surface area (Å²) >= 11 is 0. The van der Waals surface area contributed by atoms with E-state index in [9.17, 15) is 14.4 Å². The summed E-state index contributed by atoms with van der Waals surface area (Å²) in [5.74, 6) is 0.251. The number of halogens is 1. The predicted octanol–water partition coefficient (Wildman–Crippen LogP) is 3.23. The molecule has 9 heteroatoms. The van der Waals surface area contributed by atoms with Crippen molar-refractivity contribution in [3.63, 3.8) is 0 Å². The summed E-state index contributed by atoms with van der Waals surface area (Å²) in [4.78, 5) is 26.0. The number of hydrogen-bond acceptors (Lipinski definition) is 7. The van der Waals surface area contributed by atoms with Crippen molar-refractivity contribution in [1.29, 1.82) is 5.26 Å². The van der Waals surface area contributed by atoms with Crippen LogP contribution >= 0.6 is 0 Å². The van der Waals surface area contributed by atoms with Gasteiger partial charge in [-0.2, -0.15) is 5.26 Å². The minimum Gasteiger partial charge on any atom is -0.447 e. The summed E-state index contributed by atoms with van der Waals surface area (Å²) in [6.45, 7) is 4.02. The van der Waals surface area contributed by atoms with Crippen LogP contribution in [-0.4, -0.2) is 45.1 Å². The van der Waals surface area contributed by atoms with E-state index in [1.807, 2.05) is 0 Å². The molecule has 0 amide bonds. The Hall–Kier alpha value is -4.03. The van der Waals surface area contributed by atoms with E-state index in [0.29, 0.717) is 42.3 Å². The third-order valence-corrected chi connectivity index (χ3v) is 6.39. The lowest BCUT2D eigenvalue weighted by molar-refractivity contribution is 0.167. The van der Waals surface area contributed by atoms with Gasteiger partial charge in [-0.1, -0.05) is 12.1 Å². The molecule has 172 valence electrons. The van der Waals surface area contributed by atoms with Crippen molar-refractivity contribution >= 4 is 16.7 Å². The lowest BCUT2D eigenvalue weighted by Crippen LogP contribution is -2.53. The van der Waals surface area contributed by atoms with Crippen LogP contribution in [0, 0.1) is 17.1 Å². The average Bonchev–Trinajstić information content (AvgIpc) is 3.37. The van der Waals surface area contributed by atoms with Crippen LogP contribution in [0.3, 0.4) is 0 Å². The van der Waals surface area contributed by atoms with E-state index < -0.39 is 0 Å². The van der Waals surface area contributed by atoms with Crippen LogP contribution in [0.15, 0.2) is 64.1 Å². The third-order valence-electron chi connectivity index (χ3n) is 6.39. The molecule has 3 aromatic heterocycles. The average molecular weight is 458 g/mol. The fraction of sp³-hybridized carbons (Fsp3) is 0.280. The van der Waals surface area contributed by atoms with Gasteiger partial charge in [0.2, 0.25) is 5.89 Å². The Morgan fingerprint density at radius 2 is 2.00 bits per heavy atom. The Morgan fingerprint density at radius 3 is 2.68 bits per heavy atom. The van der Waals surface area contributed by atoms with Crippen molar-refractivity contribution < 1.29 is 8.81 Å². The second kappa shape index (κ2) is 8.72. The van der Waals surface area contributed by atoms with E-state index in [1.54, 1.807) is 48.1 Å². The molecule has 34 heavy (non-hydrogen) atoms. The fourth-order valence-electron chi connectivity index (χ4n) is 4.70. The van der Waals surface area contributed by atoms with Crippen LogP contribution in [0.1, 0.15) is 30.1 Å². The van der Waals surface area contributed by atoms with E-state index in [0.717, 1.165) is 11.3 Å². The molecule has 1 aromatic carbocycles. The summed E-state index contributed by atoms with van der Waals surface area (Å²) in [5, 5.41) is 9.35. The van der Waals surface area contributed by atoms with Gasteiger partial charge in [0.15, 0.2) is 0 Å². The molecule has 1 unspecified atom stereocenters. The van der Waals surface area contributed by atoms with Crippen LogP contribution in [0.4, 0.5) is 10.1 Å². The van der Waals surface area contributed by atoms with E-state index in [-0.39, 0.29) is 23.5 Å². The quantitative estimate of drug-likeness (QED) is 0.464. The zero-order valence-electron chi connectivity index (χ0n) is 18.8. The van der Waals surface area contributed by atoms with Crippen LogP contribution < -0.4 is 10.5 Å². The fourth-order valence-corrected chi connectivity index (χ4v) is 4.70. The van der Waals surface area contributed by atoms with Crippen LogP contribution in [0.25, 0.3) is 11.0 Å². The first-order chi connectivity index (χ1) is 16.5. The number of oxazole rings is 1. The van der Waals surface area contributed by atoms with Crippen molar-refractivity contribution in [2.24, 2.45) is 7.05 Å². The number of aromatic nitrogens is 3. The molecule has 0 radical (unpaired) electrons. The molecule has 0 aliphatic carbocycles. The van der Waals surface area contributed by atoms with Gasteiger partial charge >= 0.3 is 0 Å². The summed E-state index contributed by atoms with van der Waals surface area (Å²) < 4.78 is 20.8. The number of benzene rings is 1. The molecule has 1 saturated heterocycles. The Labute approximate surface area is 195 Å². The smallest absolute Gasteiger partial charge is 0.252 e. The molecular formula is C25H23FN6O2. The molecule has 0 N–H and O–H groups in total. The van der Waals surface area contributed by atoms with Crippen LogP contribution in [-0.2, 0) is 7.05 Å². The van der Waals surface area contributed by atoms with Gasteiger partial charge in [-0.05, 0) is 36.8 Å². The highest BCUT2D eigenvalue weighted by Crippen LogP contribution is 2.33. The van der Waals surface area contributed by atoms with Crippen molar-refractivity contribution in [3.8, 4) is 6.07 Å². The van der Waals surface area contributed by atoms with Gasteiger partial charge in [-0.3, -0.25) is 9.69 Å². The van der Waals surface area contributed by atoms with Gasteiger partial charge in [-0.25, -0.2) is 14.4 Å². The van der Waals surface area contributed by atoms with Gasteiger partial charge < -0.3 is 13.9 Å². The minimum absolute atomic E-state index is 0.0227. The summed E-state index contributed by atoms with van der Waals surface area (Å²) in [6, 6.07) is 13.2. The number of nitriles is 1. The van der Waals surface area contributed by atoms with Gasteiger partial charge in [0.05, 0.1) is 17.4 Å². The Bertz CT molecular complexity index is 1430. The number of piperazine rings is 1. The molecule has 0 saturated carbocycles. The van der Waals surface area contributed by atoms with Crippen molar-refractivity contribution in [1.82, 2.24) is 19.4 Å². The Balaban J connectivity index is 1.50. The molecule has 2 atom stereocenters. The number of anilines is 1. The van der Waals surface area contributed by atoms with Gasteiger partial charge in [0.1, 0.15) is 35.4 Å². The number of aryl methyl sites for hydroxylation is 1. The standard InChI is InChI=1S/C25H23FN6O2/c1-16-15-31(24(25-28-9-12-34-25)17-3-5-18(26)6-4-17)10-11-32(16)21-13-22(33)30(2)20-8-7-19(14-27)29-23(20)21/h3-9,12-13,16,24H,10-11,15H2,1-2H3/t16-,24?/m0/s1. The van der Waals surface area contributed by atoms with E-state index >= 15 is 0 Å². The zero-order chi connectivity index (χ0) is 23.8. The topological polar surface area (TPSA) is 91.2 Å². The second-order valence-electron chi connectivity index (χ2n) is 8.46. The van der Waals surface area contributed by atoms with Gasteiger partial charge in [-0.15, -0.1) is 0 Å². The Kier molecular flexibility index (Phi) is 5.59. The molecule has 0 bridgehead atoms. The third kappa shape index (κ3) is 3.82. The molecule has 1 aliphatic heterocycles. The second-order valence-corrected chi connectivity index (χ2v) is 8.46. The highest BCUT2D eigenvalue weighted by Gasteiger charge is 2.33. The first kappa shape index (κ1) is 21.8. The molecule has 8 nitrogen and oxygen atoms in total. The van der Waals surface area contributed by atoms with E-state index in [1.165, 1.54) is 18.4 Å². The minimum atomic E-state index is -0.296. The van der Waals surface area contributed by atoms with Gasteiger partial charge in [0, 0.05) is 38.8 Å². The highest BCUT2D eigenvalue weighted by atomic mass is 19.1. The SMILES string of the molecule is C[C@H]1CN(C(c2ccc(F)cc2)c2ncco2)CCN1c1cc(=O)n(C)c2ccc(C#N)nc12. The molecule has 0 spiro atoms. The summed E-state index contributed by atoms with van der Waals surface area (Å²) in [5.41, 5.74) is 3.09. The number of fused-ring (bicyclic) bond motifs is 1. The maximum Gasteiger partial charge on any atom is 0.252 e. The molecule has 5 rings (SSSR count). The van der Waals surface area contributed by atoms with Crippen molar-refractivity contribution in [3.05, 3.63) is 88.2 Å². The number of nitrogens with zero attached hydrogens (tertiary/aromatic N) is 6. The lowest BCUT2D eigenvalue weighted by atomic mass is 10.0. The molecular weight excluding hydrogens is 435 g/mol. The van der Waals surface area contributed by atoms with E-state index in [2.05, 4.69) is 32.8 Å². The summed E-state index contributed by atoms with van der Waals surface area (Å²) in [6.07, 6.45) is 3.14. The highest BCUT2D eigenvalue weighted by molar-refractivity contribution is 5.88. The van der Waals surface area contributed by atoms with Crippen LogP contribution in [0.2, 0.25) is 0 Å².